The van der Waals surface area contributed by atoms with Crippen molar-refractivity contribution in [2.75, 3.05) is 25.1 Å². The molecule has 2 rings (SSSR count). The number of piperidine rings is 1. The van der Waals surface area contributed by atoms with E-state index in [1.54, 1.807) is 0 Å². The number of para-hydroxylation sites is 1. The molecule has 1 heterocycles. The van der Waals surface area contributed by atoms with Crippen molar-refractivity contribution in [1.82, 2.24) is 5.32 Å². The van der Waals surface area contributed by atoms with Crippen LogP contribution in [0.3, 0.4) is 0 Å². The molecule has 0 bridgehead atoms. The van der Waals surface area contributed by atoms with Gasteiger partial charge in [-0.25, -0.2) is 0 Å². The standard InChI is InChI=1S/C17H24N2O3/c1-3-15(20)19(14-7-5-4-6-8-14)17(13-16(21)22-2)9-11-18-12-10-17/h4-8,18H,3,9-13H2,1-2H3. The van der Waals surface area contributed by atoms with Crippen LogP contribution in [0.1, 0.15) is 32.6 Å². The summed E-state index contributed by atoms with van der Waals surface area (Å²) >= 11 is 0. The number of carbonyl (C=O) groups is 2. The van der Waals surface area contributed by atoms with Gasteiger partial charge in [0.2, 0.25) is 5.91 Å². The molecule has 1 saturated heterocycles. The van der Waals surface area contributed by atoms with Crippen molar-refractivity contribution in [3.63, 3.8) is 0 Å². The van der Waals surface area contributed by atoms with Gasteiger partial charge in [-0.15, -0.1) is 0 Å². The lowest BCUT2D eigenvalue weighted by Gasteiger charge is -2.46. The molecule has 1 fully saturated rings. The molecule has 0 saturated carbocycles. The summed E-state index contributed by atoms with van der Waals surface area (Å²) in [5, 5.41) is 3.30. The van der Waals surface area contributed by atoms with Crippen molar-refractivity contribution in [3.05, 3.63) is 30.3 Å². The lowest BCUT2D eigenvalue weighted by Crippen LogP contribution is -2.58. The van der Waals surface area contributed by atoms with E-state index in [0.29, 0.717) is 6.42 Å². The van der Waals surface area contributed by atoms with Gasteiger partial charge in [-0.05, 0) is 38.1 Å². The zero-order chi connectivity index (χ0) is 16.0. The number of rotatable bonds is 5. The van der Waals surface area contributed by atoms with Gasteiger partial charge in [0.1, 0.15) is 0 Å². The number of hydrogen-bond acceptors (Lipinski definition) is 4. The van der Waals surface area contributed by atoms with Crippen molar-refractivity contribution in [1.29, 1.82) is 0 Å². The molecule has 5 heteroatoms. The minimum Gasteiger partial charge on any atom is -0.469 e. The van der Waals surface area contributed by atoms with E-state index in [1.807, 2.05) is 42.2 Å². The van der Waals surface area contributed by atoms with Crippen LogP contribution in [-0.4, -0.2) is 37.6 Å². The van der Waals surface area contributed by atoms with Crippen LogP contribution in [0.5, 0.6) is 0 Å². The first-order valence-electron chi connectivity index (χ1n) is 7.78. The Bertz CT molecular complexity index is 510. The van der Waals surface area contributed by atoms with Gasteiger partial charge in [0.05, 0.1) is 19.1 Å². The quantitative estimate of drug-likeness (QED) is 0.847. The third-order valence-corrected chi connectivity index (χ3v) is 4.28. The summed E-state index contributed by atoms with van der Waals surface area (Å²) in [6.07, 6.45) is 2.11. The highest BCUT2D eigenvalue weighted by molar-refractivity contribution is 5.95. The minimum absolute atomic E-state index is 0.0389. The van der Waals surface area contributed by atoms with Crippen molar-refractivity contribution >= 4 is 17.6 Å². The molecule has 0 aromatic heterocycles. The van der Waals surface area contributed by atoms with E-state index in [1.165, 1.54) is 7.11 Å². The topological polar surface area (TPSA) is 58.6 Å². The Labute approximate surface area is 131 Å². The van der Waals surface area contributed by atoms with Gasteiger partial charge in [-0.2, -0.15) is 0 Å². The SMILES string of the molecule is CCC(=O)N(c1ccccc1)C1(CC(=O)OC)CCNCC1. The number of ether oxygens (including phenoxy) is 1. The third kappa shape index (κ3) is 3.47. The van der Waals surface area contributed by atoms with Crippen molar-refractivity contribution in [2.45, 2.75) is 38.1 Å². The summed E-state index contributed by atoms with van der Waals surface area (Å²) in [5.74, 6) is -0.233. The van der Waals surface area contributed by atoms with Gasteiger partial charge in [0, 0.05) is 12.1 Å². The molecule has 0 atom stereocenters. The van der Waals surface area contributed by atoms with Crippen molar-refractivity contribution < 1.29 is 14.3 Å². The van der Waals surface area contributed by atoms with Gasteiger partial charge in [-0.1, -0.05) is 25.1 Å². The second-order valence-corrected chi connectivity index (χ2v) is 5.65. The average molecular weight is 304 g/mol. The third-order valence-electron chi connectivity index (χ3n) is 4.28. The maximum atomic E-state index is 12.6. The number of anilines is 1. The number of esters is 1. The van der Waals surface area contributed by atoms with Crippen LogP contribution in [0, 0.1) is 0 Å². The molecular formula is C17H24N2O3. The number of nitrogens with one attached hydrogen (secondary N) is 1. The molecule has 120 valence electrons. The van der Waals surface area contributed by atoms with E-state index in [4.69, 9.17) is 4.74 Å². The van der Waals surface area contributed by atoms with Crippen LogP contribution in [0.15, 0.2) is 30.3 Å². The number of nitrogens with zero attached hydrogens (tertiary/aromatic N) is 1. The predicted molar refractivity (Wildman–Crippen MR) is 85.7 cm³/mol. The summed E-state index contributed by atoms with van der Waals surface area (Å²) in [7, 11) is 1.39. The fraction of sp³-hybridized carbons (Fsp3) is 0.529. The molecule has 22 heavy (non-hydrogen) atoms. The summed E-state index contributed by atoms with van der Waals surface area (Å²) in [4.78, 5) is 26.4. The van der Waals surface area contributed by atoms with Gasteiger partial charge < -0.3 is 15.0 Å². The Morgan fingerprint density at radius 2 is 1.86 bits per heavy atom. The van der Waals surface area contributed by atoms with Gasteiger partial charge in [0.15, 0.2) is 0 Å². The molecular weight excluding hydrogens is 280 g/mol. The molecule has 1 amide bonds. The number of hydrogen-bond donors (Lipinski definition) is 1. The first kappa shape index (κ1) is 16.5. The highest BCUT2D eigenvalue weighted by Gasteiger charge is 2.43. The molecule has 0 radical (unpaired) electrons. The maximum Gasteiger partial charge on any atom is 0.307 e. The first-order valence-corrected chi connectivity index (χ1v) is 7.78. The lowest BCUT2D eigenvalue weighted by molar-refractivity contribution is -0.142. The van der Waals surface area contributed by atoms with Crippen LogP contribution < -0.4 is 10.2 Å². The Balaban J connectivity index is 2.43. The molecule has 1 aliphatic rings. The van der Waals surface area contributed by atoms with Crippen LogP contribution in [-0.2, 0) is 14.3 Å². The van der Waals surface area contributed by atoms with E-state index in [-0.39, 0.29) is 18.3 Å². The van der Waals surface area contributed by atoms with Crippen molar-refractivity contribution in [2.24, 2.45) is 0 Å². The largest absolute Gasteiger partial charge is 0.469 e. The Morgan fingerprint density at radius 3 is 2.41 bits per heavy atom. The Hall–Kier alpha value is -1.88. The summed E-state index contributed by atoms with van der Waals surface area (Å²) < 4.78 is 4.88. The van der Waals surface area contributed by atoms with E-state index >= 15 is 0 Å². The molecule has 0 spiro atoms. The highest BCUT2D eigenvalue weighted by Crippen LogP contribution is 2.35. The second kappa shape index (κ2) is 7.40. The monoisotopic (exact) mass is 304 g/mol. The fourth-order valence-electron chi connectivity index (χ4n) is 3.13. The second-order valence-electron chi connectivity index (χ2n) is 5.65. The molecule has 0 unspecified atom stereocenters. The zero-order valence-corrected chi connectivity index (χ0v) is 13.3. The number of carbonyl (C=O) groups excluding carboxylic acids is 2. The molecule has 1 aliphatic heterocycles. The number of amides is 1. The van der Waals surface area contributed by atoms with Gasteiger partial charge >= 0.3 is 5.97 Å². The minimum atomic E-state index is -0.507. The molecule has 5 nitrogen and oxygen atoms in total. The Morgan fingerprint density at radius 1 is 1.23 bits per heavy atom. The zero-order valence-electron chi connectivity index (χ0n) is 13.3. The summed E-state index contributed by atoms with van der Waals surface area (Å²) in [5.41, 5.74) is 0.340. The van der Waals surface area contributed by atoms with E-state index in [0.717, 1.165) is 31.6 Å². The van der Waals surface area contributed by atoms with Crippen LogP contribution in [0.4, 0.5) is 5.69 Å². The fourth-order valence-corrected chi connectivity index (χ4v) is 3.13. The van der Waals surface area contributed by atoms with Crippen LogP contribution in [0.25, 0.3) is 0 Å². The summed E-state index contributed by atoms with van der Waals surface area (Å²) in [6.45, 7) is 3.43. The van der Waals surface area contributed by atoms with Crippen LogP contribution >= 0.6 is 0 Å². The molecule has 1 aromatic carbocycles. The maximum absolute atomic E-state index is 12.6. The number of methoxy groups -OCH3 is 1. The smallest absolute Gasteiger partial charge is 0.307 e. The average Bonchev–Trinajstić information content (AvgIpc) is 2.56. The highest BCUT2D eigenvalue weighted by atomic mass is 16.5. The Kier molecular flexibility index (Phi) is 5.55. The molecule has 1 N–H and O–H groups in total. The number of benzene rings is 1. The van der Waals surface area contributed by atoms with Crippen LogP contribution in [0.2, 0.25) is 0 Å². The predicted octanol–water partition coefficient (Wildman–Crippen LogP) is 2.11. The normalized spacial score (nSPS) is 16.8. The summed E-state index contributed by atoms with van der Waals surface area (Å²) in [6, 6.07) is 9.60. The van der Waals surface area contributed by atoms with E-state index in [2.05, 4.69) is 5.32 Å². The van der Waals surface area contributed by atoms with Crippen molar-refractivity contribution in [3.8, 4) is 0 Å². The van der Waals surface area contributed by atoms with Gasteiger partial charge in [0.25, 0.3) is 0 Å². The van der Waals surface area contributed by atoms with E-state index in [9.17, 15) is 9.59 Å². The lowest BCUT2D eigenvalue weighted by atomic mass is 9.82. The first-order chi connectivity index (χ1) is 10.6. The van der Waals surface area contributed by atoms with E-state index < -0.39 is 5.54 Å². The van der Waals surface area contributed by atoms with Gasteiger partial charge in [-0.3, -0.25) is 9.59 Å². The molecule has 1 aromatic rings. The molecule has 0 aliphatic carbocycles.